The number of quaternary nitrogens is 1. The Morgan fingerprint density at radius 1 is 1.00 bits per heavy atom. The van der Waals surface area contributed by atoms with Gasteiger partial charge in [0.2, 0.25) is 0 Å². The summed E-state index contributed by atoms with van der Waals surface area (Å²) in [4.78, 5) is 29.0. The molecule has 0 aromatic heterocycles. The number of amides is 3. The van der Waals surface area contributed by atoms with E-state index in [0.29, 0.717) is 17.8 Å². The monoisotopic (exact) mass is 406 g/mol. The van der Waals surface area contributed by atoms with Crippen LogP contribution in [0.1, 0.15) is 23.6 Å². The normalized spacial score (nSPS) is 18.5. The lowest BCUT2D eigenvalue weighted by atomic mass is 10.1. The summed E-state index contributed by atoms with van der Waals surface area (Å²) >= 11 is 0. The van der Waals surface area contributed by atoms with Crippen molar-refractivity contribution >= 4 is 17.6 Å². The van der Waals surface area contributed by atoms with Crippen LogP contribution in [-0.4, -0.2) is 36.6 Å². The Morgan fingerprint density at radius 3 is 2.14 bits per heavy atom. The molecule has 0 spiro atoms. The lowest BCUT2D eigenvalue weighted by molar-refractivity contribution is -0.901. The van der Waals surface area contributed by atoms with Crippen LogP contribution in [0.2, 0.25) is 0 Å². The Hall–Kier alpha value is -2.87. The van der Waals surface area contributed by atoms with Crippen molar-refractivity contribution < 1.29 is 27.7 Å². The zero-order valence-corrected chi connectivity index (χ0v) is 16.5. The van der Waals surface area contributed by atoms with Gasteiger partial charge in [0.05, 0.1) is 12.6 Å². The highest BCUT2D eigenvalue weighted by molar-refractivity contribution is 6.13. The molecule has 3 amide bonds. The summed E-state index contributed by atoms with van der Waals surface area (Å²) in [6.07, 6.45) is -4.37. The third-order valence-electron chi connectivity index (χ3n) is 4.98. The number of anilines is 1. The van der Waals surface area contributed by atoms with Crippen LogP contribution in [0.5, 0.6) is 0 Å². The third-order valence-corrected chi connectivity index (χ3v) is 4.98. The van der Waals surface area contributed by atoms with E-state index in [1.807, 2.05) is 19.1 Å². The molecule has 1 N–H and O–H groups in total. The highest BCUT2D eigenvalue weighted by atomic mass is 19.4. The number of hydrogen-bond acceptors (Lipinski definition) is 2. The van der Waals surface area contributed by atoms with E-state index in [4.69, 9.17) is 0 Å². The summed E-state index contributed by atoms with van der Waals surface area (Å²) in [5.74, 6) is -0.289. The molecule has 1 aliphatic heterocycles. The molecule has 1 saturated heterocycles. The number of carbonyl (C=O) groups excluding carboxylic acids is 2. The van der Waals surface area contributed by atoms with E-state index < -0.39 is 23.8 Å². The predicted octanol–water partition coefficient (Wildman–Crippen LogP) is 2.84. The third kappa shape index (κ3) is 4.42. The van der Waals surface area contributed by atoms with Crippen molar-refractivity contribution in [2.24, 2.45) is 0 Å². The minimum atomic E-state index is -4.37. The highest BCUT2D eigenvalue weighted by Gasteiger charge is 2.44. The van der Waals surface area contributed by atoms with Gasteiger partial charge in [0.15, 0.2) is 6.67 Å². The van der Waals surface area contributed by atoms with E-state index in [9.17, 15) is 22.8 Å². The fourth-order valence-corrected chi connectivity index (χ4v) is 3.40. The van der Waals surface area contributed by atoms with Gasteiger partial charge in [-0.25, -0.2) is 9.69 Å². The molecule has 2 atom stereocenters. The van der Waals surface area contributed by atoms with Crippen molar-refractivity contribution in [3.63, 3.8) is 0 Å². The van der Waals surface area contributed by atoms with Crippen LogP contribution >= 0.6 is 0 Å². The van der Waals surface area contributed by atoms with Crippen molar-refractivity contribution in [2.75, 3.05) is 18.6 Å². The number of hydrogen-bond donors (Lipinski definition) is 1. The van der Waals surface area contributed by atoms with Gasteiger partial charge in [0.1, 0.15) is 12.6 Å². The van der Waals surface area contributed by atoms with Crippen LogP contribution in [0.3, 0.4) is 0 Å². The maximum absolute atomic E-state index is 12.8. The van der Waals surface area contributed by atoms with Crippen LogP contribution in [0.4, 0.5) is 23.7 Å². The molecule has 8 heteroatoms. The smallest absolute Gasteiger partial charge is 0.316 e. The molecule has 3 rings (SSSR count). The molecule has 1 unspecified atom stereocenters. The largest absolute Gasteiger partial charge is 0.416 e. The average molecular weight is 406 g/mol. The van der Waals surface area contributed by atoms with Gasteiger partial charge in [-0.3, -0.25) is 9.69 Å². The van der Waals surface area contributed by atoms with Crippen LogP contribution in [0, 0.1) is 6.92 Å². The lowest BCUT2D eigenvalue weighted by Gasteiger charge is -2.21. The van der Waals surface area contributed by atoms with E-state index in [1.54, 1.807) is 26.1 Å². The Morgan fingerprint density at radius 2 is 1.59 bits per heavy atom. The van der Waals surface area contributed by atoms with E-state index in [2.05, 4.69) is 0 Å². The maximum Gasteiger partial charge on any atom is 0.416 e. The standard InChI is InChI=1S/C21H22F3N3O2/c1-14-4-10-18(11-5-14)27-15(2)19(28)26(20(27)29)13-25(3)12-16-6-8-17(9-7-16)21(22,23)24/h4-11,15H,12-13H2,1-3H3/p+1/t15-/m0/s1. The molecule has 2 aromatic rings. The first-order valence-electron chi connectivity index (χ1n) is 9.26. The highest BCUT2D eigenvalue weighted by Crippen LogP contribution is 2.29. The zero-order chi connectivity index (χ0) is 21.3. The molecule has 0 bridgehead atoms. The first-order chi connectivity index (χ1) is 13.6. The summed E-state index contributed by atoms with van der Waals surface area (Å²) in [5.41, 5.74) is 1.70. The number of nitrogens with one attached hydrogen (secondary N) is 1. The summed E-state index contributed by atoms with van der Waals surface area (Å²) in [5, 5.41) is 0. The second-order valence-electron chi connectivity index (χ2n) is 7.42. The van der Waals surface area contributed by atoms with Crippen LogP contribution in [0.25, 0.3) is 0 Å². The maximum atomic E-state index is 12.8. The molecular weight excluding hydrogens is 383 g/mol. The number of benzene rings is 2. The fraction of sp³-hybridized carbons (Fsp3) is 0.333. The first kappa shape index (κ1) is 20.9. The van der Waals surface area contributed by atoms with Gasteiger partial charge in [-0.1, -0.05) is 29.8 Å². The summed E-state index contributed by atoms with van der Waals surface area (Å²) in [6, 6.07) is 11.3. The van der Waals surface area contributed by atoms with Crippen molar-refractivity contribution in [3.05, 3.63) is 65.2 Å². The minimum Gasteiger partial charge on any atom is -0.316 e. The number of aryl methyl sites for hydroxylation is 1. The quantitative estimate of drug-likeness (QED) is 0.777. The van der Waals surface area contributed by atoms with E-state index >= 15 is 0 Å². The van der Waals surface area contributed by atoms with Crippen molar-refractivity contribution in [2.45, 2.75) is 32.6 Å². The van der Waals surface area contributed by atoms with Crippen molar-refractivity contribution in [1.29, 1.82) is 0 Å². The lowest BCUT2D eigenvalue weighted by Crippen LogP contribution is -3.09. The minimum absolute atomic E-state index is 0.130. The van der Waals surface area contributed by atoms with Gasteiger partial charge in [-0.2, -0.15) is 13.2 Å². The Bertz CT molecular complexity index is 895. The number of rotatable bonds is 5. The molecule has 29 heavy (non-hydrogen) atoms. The van der Waals surface area contributed by atoms with E-state index in [-0.39, 0.29) is 12.6 Å². The summed E-state index contributed by atoms with van der Waals surface area (Å²) < 4.78 is 38.0. The van der Waals surface area contributed by atoms with Gasteiger partial charge in [0, 0.05) is 11.3 Å². The Labute approximate surface area is 167 Å². The van der Waals surface area contributed by atoms with Gasteiger partial charge in [0.25, 0.3) is 5.91 Å². The second-order valence-corrected chi connectivity index (χ2v) is 7.42. The molecule has 0 aliphatic carbocycles. The van der Waals surface area contributed by atoms with Crippen molar-refractivity contribution in [3.8, 4) is 0 Å². The Kier molecular flexibility index (Phi) is 5.66. The SMILES string of the molecule is Cc1ccc(N2C(=O)N(C[NH+](C)Cc3ccc(C(F)(F)F)cc3)C(=O)[C@@H]2C)cc1. The van der Waals surface area contributed by atoms with Crippen molar-refractivity contribution in [1.82, 2.24) is 4.90 Å². The predicted molar refractivity (Wildman–Crippen MR) is 102 cm³/mol. The molecule has 2 aromatic carbocycles. The number of imide groups is 1. The number of alkyl halides is 3. The number of halogens is 3. The number of nitrogens with zero attached hydrogens (tertiary/aromatic N) is 2. The van der Waals surface area contributed by atoms with Crippen LogP contribution < -0.4 is 9.80 Å². The number of urea groups is 1. The van der Waals surface area contributed by atoms with E-state index in [0.717, 1.165) is 22.6 Å². The number of carbonyl (C=O) groups is 2. The fourth-order valence-electron chi connectivity index (χ4n) is 3.40. The summed E-state index contributed by atoms with van der Waals surface area (Å²) in [7, 11) is 1.79. The van der Waals surface area contributed by atoms with Gasteiger partial charge >= 0.3 is 12.2 Å². The molecule has 0 saturated carbocycles. The first-order valence-corrected chi connectivity index (χ1v) is 9.26. The molecule has 1 aliphatic rings. The molecule has 154 valence electrons. The molecule has 5 nitrogen and oxygen atoms in total. The van der Waals surface area contributed by atoms with Gasteiger partial charge < -0.3 is 4.90 Å². The summed E-state index contributed by atoms with van der Waals surface area (Å²) in [6.45, 7) is 4.14. The van der Waals surface area contributed by atoms with Gasteiger partial charge in [-0.15, -0.1) is 0 Å². The second kappa shape index (κ2) is 7.87. The van der Waals surface area contributed by atoms with Crippen LogP contribution in [-0.2, 0) is 17.5 Å². The van der Waals surface area contributed by atoms with Gasteiger partial charge in [-0.05, 0) is 38.1 Å². The molecular formula is C21H23F3N3O2+. The molecule has 1 fully saturated rings. The molecule has 0 radical (unpaired) electrons. The topological polar surface area (TPSA) is 45.1 Å². The van der Waals surface area contributed by atoms with E-state index in [1.165, 1.54) is 21.9 Å². The Balaban J connectivity index is 1.68. The zero-order valence-electron chi connectivity index (χ0n) is 16.5. The van der Waals surface area contributed by atoms with Crippen LogP contribution in [0.15, 0.2) is 48.5 Å². The molecule has 1 heterocycles. The average Bonchev–Trinajstić information content (AvgIpc) is 2.86.